The molecule has 0 aliphatic heterocycles. The molecule has 0 spiro atoms. The number of aromatic nitrogens is 2. The van der Waals surface area contributed by atoms with Gasteiger partial charge in [0.25, 0.3) is 0 Å². The van der Waals surface area contributed by atoms with E-state index in [0.717, 1.165) is 17.8 Å². The van der Waals surface area contributed by atoms with Crippen molar-refractivity contribution in [2.24, 2.45) is 0 Å². The van der Waals surface area contributed by atoms with Gasteiger partial charge in [0.15, 0.2) is 5.65 Å². The molecule has 0 N–H and O–H groups in total. The average Bonchev–Trinajstić information content (AvgIpc) is 3.07. The number of esters is 1. The van der Waals surface area contributed by atoms with E-state index in [0.29, 0.717) is 23.7 Å². The fourth-order valence-electron chi connectivity index (χ4n) is 3.17. The van der Waals surface area contributed by atoms with Crippen molar-refractivity contribution in [3.63, 3.8) is 0 Å². The zero-order valence-electron chi connectivity index (χ0n) is 17.3. The van der Waals surface area contributed by atoms with E-state index < -0.39 is 17.7 Å². The third-order valence-corrected chi connectivity index (χ3v) is 4.91. The number of imidazole rings is 1. The second-order valence-electron chi connectivity index (χ2n) is 7.28. The second-order valence-corrected chi connectivity index (χ2v) is 7.69. The Morgan fingerprint density at radius 3 is 2.48 bits per heavy atom. The molecule has 0 bridgehead atoms. The van der Waals surface area contributed by atoms with Crippen LogP contribution < -0.4 is 4.74 Å². The predicted molar refractivity (Wildman–Crippen MR) is 110 cm³/mol. The average molecular weight is 455 g/mol. The van der Waals surface area contributed by atoms with Gasteiger partial charge in [0.2, 0.25) is 0 Å². The third kappa shape index (κ3) is 5.31. The van der Waals surface area contributed by atoms with Gasteiger partial charge in [0.1, 0.15) is 12.4 Å². The number of nitrogens with zero attached hydrogens (tertiary/aromatic N) is 2. The van der Waals surface area contributed by atoms with Crippen LogP contribution in [0.2, 0.25) is 5.02 Å². The van der Waals surface area contributed by atoms with Gasteiger partial charge in [-0.25, -0.2) is 4.98 Å². The van der Waals surface area contributed by atoms with E-state index in [1.54, 1.807) is 24.3 Å². The molecule has 0 aliphatic rings. The number of ether oxygens (including phenoxy) is 2. The molecule has 166 valence electrons. The first-order chi connectivity index (χ1) is 14.6. The standard InChI is InChI=1S/C22H22ClF3N2O3/c1-4-30-16-7-5-14(6-8-16)9-19(29)31-12-18-20(13(2)3)27-21-17(23)10-15(11-28(18)21)22(24,25)26/h5-8,10-11,13H,4,9,12H2,1-3H3. The smallest absolute Gasteiger partial charge is 0.417 e. The Hall–Kier alpha value is -2.74. The molecule has 0 fully saturated rings. The Balaban J connectivity index is 1.83. The maximum Gasteiger partial charge on any atom is 0.417 e. The van der Waals surface area contributed by atoms with Crippen molar-refractivity contribution >= 4 is 23.2 Å². The molecule has 0 amide bonds. The van der Waals surface area contributed by atoms with E-state index in [1.807, 2.05) is 20.8 Å². The van der Waals surface area contributed by atoms with Crippen LogP contribution in [0.15, 0.2) is 36.5 Å². The number of alkyl halides is 3. The monoisotopic (exact) mass is 454 g/mol. The molecule has 1 aromatic carbocycles. The molecular weight excluding hydrogens is 433 g/mol. The van der Waals surface area contributed by atoms with Gasteiger partial charge in [-0.05, 0) is 36.6 Å². The molecule has 2 heterocycles. The summed E-state index contributed by atoms with van der Waals surface area (Å²) >= 11 is 6.06. The molecule has 0 radical (unpaired) electrons. The summed E-state index contributed by atoms with van der Waals surface area (Å²) in [5, 5.41) is -0.122. The Morgan fingerprint density at radius 2 is 1.90 bits per heavy atom. The van der Waals surface area contributed by atoms with Crippen molar-refractivity contribution in [3.8, 4) is 5.75 Å². The summed E-state index contributed by atoms with van der Waals surface area (Å²) in [5.74, 6) is 0.0845. The first-order valence-electron chi connectivity index (χ1n) is 9.75. The predicted octanol–water partition coefficient (Wildman–Crippen LogP) is 5.81. The van der Waals surface area contributed by atoms with E-state index in [2.05, 4.69) is 4.98 Å². The van der Waals surface area contributed by atoms with Crippen LogP contribution in [0.25, 0.3) is 5.65 Å². The minimum absolute atomic E-state index is 0.0225. The molecule has 0 atom stereocenters. The van der Waals surface area contributed by atoms with Crippen molar-refractivity contribution in [2.75, 3.05) is 6.61 Å². The van der Waals surface area contributed by atoms with Crippen LogP contribution in [0.4, 0.5) is 13.2 Å². The lowest BCUT2D eigenvalue weighted by atomic mass is 10.1. The number of halogens is 4. The molecule has 3 aromatic rings. The van der Waals surface area contributed by atoms with E-state index in [1.165, 1.54) is 4.40 Å². The minimum Gasteiger partial charge on any atom is -0.494 e. The van der Waals surface area contributed by atoms with Crippen LogP contribution in [0.5, 0.6) is 5.75 Å². The highest BCUT2D eigenvalue weighted by Crippen LogP contribution is 2.34. The van der Waals surface area contributed by atoms with Gasteiger partial charge < -0.3 is 9.47 Å². The van der Waals surface area contributed by atoms with Crippen LogP contribution in [-0.2, 0) is 28.7 Å². The number of rotatable bonds is 7. The zero-order chi connectivity index (χ0) is 22.8. The van der Waals surface area contributed by atoms with Gasteiger partial charge >= 0.3 is 12.1 Å². The van der Waals surface area contributed by atoms with E-state index in [-0.39, 0.29) is 29.6 Å². The minimum atomic E-state index is -4.57. The second kappa shape index (κ2) is 9.18. The molecule has 5 nitrogen and oxygen atoms in total. The number of fused-ring (bicyclic) bond motifs is 1. The summed E-state index contributed by atoms with van der Waals surface area (Å²) in [6.45, 7) is 5.90. The van der Waals surface area contributed by atoms with Gasteiger partial charge in [-0.2, -0.15) is 13.2 Å². The number of hydrogen-bond acceptors (Lipinski definition) is 4. The Bertz CT molecular complexity index is 1080. The topological polar surface area (TPSA) is 52.8 Å². The van der Waals surface area contributed by atoms with Crippen molar-refractivity contribution < 1.29 is 27.4 Å². The number of benzene rings is 1. The molecule has 0 unspecified atom stereocenters. The summed E-state index contributed by atoms with van der Waals surface area (Å²) in [7, 11) is 0. The lowest BCUT2D eigenvalue weighted by Gasteiger charge is -2.11. The van der Waals surface area contributed by atoms with Crippen LogP contribution >= 0.6 is 11.6 Å². The summed E-state index contributed by atoms with van der Waals surface area (Å²) < 4.78 is 51.7. The maximum atomic E-state index is 13.2. The molecule has 3 rings (SSSR count). The first kappa shape index (κ1) is 22.9. The van der Waals surface area contributed by atoms with Crippen molar-refractivity contribution in [1.29, 1.82) is 0 Å². The lowest BCUT2D eigenvalue weighted by Crippen LogP contribution is -2.12. The Morgan fingerprint density at radius 1 is 1.23 bits per heavy atom. The number of carbonyl (C=O) groups excluding carboxylic acids is 1. The molecular formula is C22H22ClF3N2O3. The Kier molecular flexibility index (Phi) is 6.79. The molecule has 9 heteroatoms. The van der Waals surface area contributed by atoms with Gasteiger partial charge in [-0.3, -0.25) is 9.20 Å². The highest BCUT2D eigenvalue weighted by Gasteiger charge is 2.32. The SMILES string of the molecule is CCOc1ccc(CC(=O)OCc2c(C(C)C)nc3c(Cl)cc(C(F)(F)F)cn23)cc1. The largest absolute Gasteiger partial charge is 0.494 e. The van der Waals surface area contributed by atoms with E-state index in [9.17, 15) is 18.0 Å². The van der Waals surface area contributed by atoms with E-state index >= 15 is 0 Å². The van der Waals surface area contributed by atoms with Gasteiger partial charge in [-0.1, -0.05) is 37.6 Å². The van der Waals surface area contributed by atoms with E-state index in [4.69, 9.17) is 21.1 Å². The lowest BCUT2D eigenvalue weighted by molar-refractivity contribution is -0.144. The van der Waals surface area contributed by atoms with Crippen LogP contribution in [0, 0.1) is 0 Å². The third-order valence-electron chi connectivity index (χ3n) is 4.63. The van der Waals surface area contributed by atoms with Gasteiger partial charge in [-0.15, -0.1) is 0 Å². The summed E-state index contributed by atoms with van der Waals surface area (Å²) in [6, 6.07) is 7.88. The summed E-state index contributed by atoms with van der Waals surface area (Å²) in [6.07, 6.45) is -3.62. The summed E-state index contributed by atoms with van der Waals surface area (Å²) in [4.78, 5) is 16.7. The van der Waals surface area contributed by atoms with Crippen molar-refractivity contribution in [2.45, 2.75) is 45.9 Å². The highest BCUT2D eigenvalue weighted by molar-refractivity contribution is 6.33. The zero-order valence-corrected chi connectivity index (χ0v) is 18.0. The number of carbonyl (C=O) groups is 1. The fourth-order valence-corrected chi connectivity index (χ4v) is 3.42. The van der Waals surface area contributed by atoms with Crippen LogP contribution in [0.3, 0.4) is 0 Å². The number of hydrogen-bond donors (Lipinski definition) is 0. The summed E-state index contributed by atoms with van der Waals surface area (Å²) in [5.41, 5.74) is 0.904. The molecule has 0 aliphatic carbocycles. The van der Waals surface area contributed by atoms with Crippen LogP contribution in [0.1, 0.15) is 49.2 Å². The molecule has 0 saturated heterocycles. The van der Waals surface area contributed by atoms with Gasteiger partial charge in [0.05, 0.1) is 35.0 Å². The molecule has 2 aromatic heterocycles. The highest BCUT2D eigenvalue weighted by atomic mass is 35.5. The van der Waals surface area contributed by atoms with Crippen molar-refractivity contribution in [3.05, 3.63) is 64.1 Å². The fraction of sp³-hybridized carbons (Fsp3) is 0.364. The molecule has 0 saturated carbocycles. The quantitative estimate of drug-likeness (QED) is 0.422. The maximum absolute atomic E-state index is 13.2. The van der Waals surface area contributed by atoms with Gasteiger partial charge in [0, 0.05) is 6.20 Å². The normalized spacial score (nSPS) is 11.9. The number of pyridine rings is 1. The first-order valence-corrected chi connectivity index (χ1v) is 10.1. The van der Waals surface area contributed by atoms with Crippen LogP contribution in [-0.4, -0.2) is 22.0 Å². The van der Waals surface area contributed by atoms with Crippen molar-refractivity contribution in [1.82, 2.24) is 9.38 Å². The Labute approximate surface area is 182 Å². The molecule has 31 heavy (non-hydrogen) atoms.